The lowest BCUT2D eigenvalue weighted by Gasteiger charge is -2.42. The highest BCUT2D eigenvalue weighted by molar-refractivity contribution is 5.93. The number of nitrogens with one attached hydrogen (secondary N) is 1. The summed E-state index contributed by atoms with van der Waals surface area (Å²) in [5.41, 5.74) is 2.50. The van der Waals surface area contributed by atoms with E-state index >= 15 is 0 Å². The molecule has 1 unspecified atom stereocenters. The first-order chi connectivity index (χ1) is 11.0. The Morgan fingerprint density at radius 2 is 2.08 bits per heavy atom. The van der Waals surface area contributed by atoms with Crippen LogP contribution in [0, 0.1) is 5.41 Å². The number of rotatable bonds is 2. The summed E-state index contributed by atoms with van der Waals surface area (Å²) in [6, 6.07) is 4.82. The predicted octanol–water partition coefficient (Wildman–Crippen LogP) is 2.91. The highest BCUT2D eigenvalue weighted by Crippen LogP contribution is 2.44. The van der Waals surface area contributed by atoms with Crippen LogP contribution in [0.4, 0.5) is 0 Å². The van der Waals surface area contributed by atoms with Gasteiger partial charge >= 0.3 is 0 Å². The Balaban J connectivity index is 0.00000208. The predicted molar refractivity (Wildman–Crippen MR) is 90.0 cm³/mol. The van der Waals surface area contributed by atoms with Crippen LogP contribution in [0.5, 0.6) is 5.75 Å². The van der Waals surface area contributed by atoms with Gasteiger partial charge < -0.3 is 9.64 Å². The molecule has 132 valence electrons. The van der Waals surface area contributed by atoms with Gasteiger partial charge in [-0.15, -0.1) is 0 Å². The molecule has 6 heteroatoms. The smallest absolute Gasteiger partial charge is 0.274 e. The molecule has 0 radical (unpaired) electrons. The zero-order valence-corrected chi connectivity index (χ0v) is 13.5. The first-order valence-electron chi connectivity index (χ1n) is 7.98. The number of nitrogens with zero attached hydrogens (tertiary/aromatic N) is 1. The van der Waals surface area contributed by atoms with Crippen LogP contribution in [-0.2, 0) is 4.79 Å². The Morgan fingerprint density at radius 1 is 1.38 bits per heavy atom. The second kappa shape index (κ2) is 6.81. The SMILES string of the molecule is C.CC1c2cc(C(=O)NO)ccc2OCCN1C(=O)C1(C)CCC1. The number of fused-ring (bicyclic) bond motifs is 1. The Hall–Kier alpha value is -2.08. The van der Waals surface area contributed by atoms with Crippen LogP contribution in [0.3, 0.4) is 0 Å². The van der Waals surface area contributed by atoms with Crippen molar-refractivity contribution in [3.8, 4) is 5.75 Å². The molecule has 1 heterocycles. The Morgan fingerprint density at radius 3 is 2.67 bits per heavy atom. The molecule has 2 amide bonds. The van der Waals surface area contributed by atoms with Crippen molar-refractivity contribution in [2.45, 2.75) is 46.6 Å². The highest BCUT2D eigenvalue weighted by Gasteiger charge is 2.43. The molecule has 1 aliphatic heterocycles. The van der Waals surface area contributed by atoms with Gasteiger partial charge in [-0.3, -0.25) is 14.8 Å². The minimum atomic E-state index is -0.576. The van der Waals surface area contributed by atoms with E-state index in [1.54, 1.807) is 23.7 Å². The number of hydrogen-bond donors (Lipinski definition) is 2. The largest absolute Gasteiger partial charge is 0.491 e. The lowest BCUT2D eigenvalue weighted by molar-refractivity contribution is -0.148. The third-order valence-corrected chi connectivity index (χ3v) is 5.12. The molecule has 24 heavy (non-hydrogen) atoms. The molecule has 1 atom stereocenters. The third kappa shape index (κ3) is 2.98. The maximum absolute atomic E-state index is 12.9. The summed E-state index contributed by atoms with van der Waals surface area (Å²) in [5, 5.41) is 8.80. The van der Waals surface area contributed by atoms with E-state index in [1.807, 2.05) is 18.7 Å². The topological polar surface area (TPSA) is 78.9 Å². The molecule has 3 rings (SSSR count). The standard InChI is InChI=1S/C17H22N2O4.CH4/c1-11-13-10-12(15(20)18-22)4-5-14(13)23-9-8-19(11)16(21)17(2)6-3-7-17;/h4-5,10-11,22H,3,6-9H2,1-2H3,(H,18,20);1H4. The van der Waals surface area contributed by atoms with E-state index in [9.17, 15) is 9.59 Å². The van der Waals surface area contributed by atoms with E-state index in [0.29, 0.717) is 24.5 Å². The summed E-state index contributed by atoms with van der Waals surface area (Å²) < 4.78 is 5.74. The molecule has 1 fully saturated rings. The maximum atomic E-state index is 12.9. The van der Waals surface area contributed by atoms with Crippen molar-refractivity contribution in [1.29, 1.82) is 0 Å². The summed E-state index contributed by atoms with van der Waals surface area (Å²) in [5.74, 6) is 0.263. The van der Waals surface area contributed by atoms with E-state index in [2.05, 4.69) is 0 Å². The molecule has 0 saturated heterocycles. The number of hydrogen-bond acceptors (Lipinski definition) is 4. The fourth-order valence-electron chi connectivity index (χ4n) is 3.37. The maximum Gasteiger partial charge on any atom is 0.274 e. The number of benzene rings is 1. The van der Waals surface area contributed by atoms with E-state index in [1.165, 1.54) is 0 Å². The lowest BCUT2D eigenvalue weighted by Crippen LogP contribution is -2.47. The minimum absolute atomic E-state index is 0. The molecular formula is C18H26N2O4. The normalized spacial score (nSPS) is 21.3. The van der Waals surface area contributed by atoms with Crippen LogP contribution >= 0.6 is 0 Å². The van der Waals surface area contributed by atoms with Gasteiger partial charge in [-0.05, 0) is 38.0 Å². The van der Waals surface area contributed by atoms with Crippen molar-refractivity contribution in [2.24, 2.45) is 5.41 Å². The van der Waals surface area contributed by atoms with Crippen molar-refractivity contribution < 1.29 is 19.5 Å². The molecule has 0 aromatic heterocycles. The molecule has 2 aliphatic rings. The fourth-order valence-corrected chi connectivity index (χ4v) is 3.37. The summed E-state index contributed by atoms with van der Waals surface area (Å²) in [7, 11) is 0. The highest BCUT2D eigenvalue weighted by atomic mass is 16.5. The molecular weight excluding hydrogens is 308 g/mol. The monoisotopic (exact) mass is 334 g/mol. The number of carbonyl (C=O) groups excluding carboxylic acids is 2. The van der Waals surface area contributed by atoms with Crippen LogP contribution < -0.4 is 10.2 Å². The van der Waals surface area contributed by atoms with Crippen LogP contribution in [0.2, 0.25) is 0 Å². The minimum Gasteiger partial charge on any atom is -0.491 e. The van der Waals surface area contributed by atoms with Gasteiger partial charge in [0.1, 0.15) is 12.4 Å². The number of ether oxygens (including phenoxy) is 1. The van der Waals surface area contributed by atoms with Gasteiger partial charge in [0.2, 0.25) is 5.91 Å². The Bertz CT molecular complexity index is 640. The summed E-state index contributed by atoms with van der Waals surface area (Å²) in [4.78, 5) is 26.4. The molecule has 0 spiro atoms. The van der Waals surface area contributed by atoms with Gasteiger partial charge in [0.05, 0.1) is 12.6 Å². The van der Waals surface area contributed by atoms with Crippen LogP contribution in [0.1, 0.15) is 62.5 Å². The van der Waals surface area contributed by atoms with Gasteiger partial charge in [0.25, 0.3) is 5.91 Å². The first kappa shape index (κ1) is 18.3. The summed E-state index contributed by atoms with van der Waals surface area (Å²) in [6.45, 7) is 4.94. The number of hydroxylamine groups is 1. The Labute approximate surface area is 142 Å². The molecule has 6 nitrogen and oxygen atoms in total. The fraction of sp³-hybridized carbons (Fsp3) is 0.556. The van der Waals surface area contributed by atoms with E-state index in [4.69, 9.17) is 9.94 Å². The zero-order valence-electron chi connectivity index (χ0n) is 13.5. The van der Waals surface area contributed by atoms with E-state index < -0.39 is 5.91 Å². The van der Waals surface area contributed by atoms with E-state index in [-0.39, 0.29) is 24.8 Å². The van der Waals surface area contributed by atoms with Crippen molar-refractivity contribution in [3.63, 3.8) is 0 Å². The quantitative estimate of drug-likeness (QED) is 0.644. The van der Waals surface area contributed by atoms with Gasteiger partial charge in [-0.1, -0.05) is 20.8 Å². The van der Waals surface area contributed by atoms with Gasteiger partial charge in [0.15, 0.2) is 0 Å². The molecule has 1 aromatic rings. The van der Waals surface area contributed by atoms with Gasteiger partial charge in [-0.25, -0.2) is 5.48 Å². The van der Waals surface area contributed by atoms with E-state index in [0.717, 1.165) is 24.8 Å². The summed E-state index contributed by atoms with van der Waals surface area (Å²) >= 11 is 0. The average molecular weight is 334 g/mol. The van der Waals surface area contributed by atoms with Crippen molar-refractivity contribution >= 4 is 11.8 Å². The zero-order chi connectivity index (χ0) is 16.6. The molecule has 1 aliphatic carbocycles. The first-order valence-corrected chi connectivity index (χ1v) is 7.98. The second-order valence-corrected chi connectivity index (χ2v) is 6.63. The Kier molecular flexibility index (Phi) is 5.18. The van der Waals surface area contributed by atoms with Gasteiger partial charge in [0, 0.05) is 16.5 Å². The third-order valence-electron chi connectivity index (χ3n) is 5.12. The lowest BCUT2D eigenvalue weighted by atomic mass is 9.69. The number of carbonyl (C=O) groups is 2. The summed E-state index contributed by atoms with van der Waals surface area (Å²) in [6.07, 6.45) is 2.95. The van der Waals surface area contributed by atoms with Crippen LogP contribution in [-0.4, -0.2) is 35.1 Å². The van der Waals surface area contributed by atoms with Crippen LogP contribution in [0.15, 0.2) is 18.2 Å². The van der Waals surface area contributed by atoms with Crippen molar-refractivity contribution in [2.75, 3.05) is 13.2 Å². The second-order valence-electron chi connectivity index (χ2n) is 6.63. The average Bonchev–Trinajstić information content (AvgIpc) is 2.70. The molecule has 1 saturated carbocycles. The number of amides is 2. The van der Waals surface area contributed by atoms with Crippen LogP contribution in [0.25, 0.3) is 0 Å². The molecule has 1 aromatic carbocycles. The molecule has 0 bridgehead atoms. The van der Waals surface area contributed by atoms with Gasteiger partial charge in [-0.2, -0.15) is 0 Å². The van der Waals surface area contributed by atoms with Crippen molar-refractivity contribution in [3.05, 3.63) is 29.3 Å². The van der Waals surface area contributed by atoms with Crippen molar-refractivity contribution in [1.82, 2.24) is 10.4 Å². The molecule has 2 N–H and O–H groups in total.